The third-order valence-corrected chi connectivity index (χ3v) is 5.65. The van der Waals surface area contributed by atoms with Crippen molar-refractivity contribution in [3.8, 4) is 0 Å². The molecule has 4 nitrogen and oxygen atoms in total. The highest BCUT2D eigenvalue weighted by atomic mass is 19.1. The zero-order valence-corrected chi connectivity index (χ0v) is 17.0. The Morgan fingerprint density at radius 3 is 2.31 bits per heavy atom. The van der Waals surface area contributed by atoms with E-state index in [4.69, 9.17) is 5.73 Å². The Morgan fingerprint density at radius 1 is 0.812 bits per heavy atom. The molecular formula is C27H18FN2O2. The number of carbonyl (C=O) groups is 2. The first-order valence-corrected chi connectivity index (χ1v) is 10.1. The van der Waals surface area contributed by atoms with Crippen LogP contribution in [0.4, 0.5) is 4.39 Å². The molecule has 0 atom stereocenters. The first kappa shape index (κ1) is 19.7. The number of aromatic nitrogens is 1. The summed E-state index contributed by atoms with van der Waals surface area (Å²) >= 11 is 0. The second-order valence-corrected chi connectivity index (χ2v) is 7.57. The molecule has 5 rings (SSSR count). The molecule has 1 aromatic heterocycles. The fraction of sp³-hybridized carbons (Fsp3) is 0.0370. The van der Waals surface area contributed by atoms with Crippen molar-refractivity contribution in [2.75, 3.05) is 0 Å². The average Bonchev–Trinajstić information content (AvgIpc) is 3.12. The molecule has 0 aliphatic rings. The number of nitrogens with zero attached hydrogens (tertiary/aromatic N) is 1. The molecule has 0 bridgehead atoms. The minimum absolute atomic E-state index is 0.0719. The summed E-state index contributed by atoms with van der Waals surface area (Å²) in [6, 6.07) is 27.5. The Labute approximate surface area is 183 Å². The Hall–Kier alpha value is -4.25. The van der Waals surface area contributed by atoms with Gasteiger partial charge in [0, 0.05) is 40.1 Å². The van der Waals surface area contributed by atoms with Gasteiger partial charge in [0.25, 0.3) is 0 Å². The van der Waals surface area contributed by atoms with E-state index in [-0.39, 0.29) is 5.78 Å². The molecule has 4 aromatic carbocycles. The van der Waals surface area contributed by atoms with Crippen LogP contribution in [0.3, 0.4) is 0 Å². The molecule has 2 N–H and O–H groups in total. The van der Waals surface area contributed by atoms with Gasteiger partial charge in [-0.1, -0.05) is 60.7 Å². The Morgan fingerprint density at radius 2 is 1.53 bits per heavy atom. The lowest BCUT2D eigenvalue weighted by Gasteiger charge is -2.12. The first-order valence-electron chi connectivity index (χ1n) is 10.1. The summed E-state index contributed by atoms with van der Waals surface area (Å²) in [7, 11) is 0. The monoisotopic (exact) mass is 421 g/mol. The second-order valence-electron chi connectivity index (χ2n) is 7.57. The number of benzene rings is 4. The fourth-order valence-electron chi connectivity index (χ4n) is 4.20. The van der Waals surface area contributed by atoms with Gasteiger partial charge < -0.3 is 10.3 Å². The van der Waals surface area contributed by atoms with Crippen LogP contribution in [-0.2, 0) is 6.54 Å². The van der Waals surface area contributed by atoms with Crippen molar-refractivity contribution in [1.29, 1.82) is 0 Å². The molecule has 1 radical (unpaired) electrons. The van der Waals surface area contributed by atoms with E-state index in [9.17, 15) is 14.0 Å². The molecule has 1 amide bonds. The van der Waals surface area contributed by atoms with E-state index in [1.54, 1.807) is 36.4 Å². The van der Waals surface area contributed by atoms with E-state index in [0.717, 1.165) is 11.1 Å². The van der Waals surface area contributed by atoms with Crippen molar-refractivity contribution in [1.82, 2.24) is 4.57 Å². The molecule has 155 valence electrons. The maximum absolute atomic E-state index is 14.1. The normalized spacial score (nSPS) is 11.2. The number of hydrogen-bond donors (Lipinski definition) is 1. The van der Waals surface area contributed by atoms with Crippen LogP contribution in [-0.4, -0.2) is 16.3 Å². The van der Waals surface area contributed by atoms with Crippen LogP contribution >= 0.6 is 0 Å². The largest absolute Gasteiger partial charge is 0.366 e. The van der Waals surface area contributed by atoms with Crippen molar-refractivity contribution >= 4 is 33.5 Å². The first-order chi connectivity index (χ1) is 15.5. The molecule has 0 fully saturated rings. The van der Waals surface area contributed by atoms with Crippen LogP contribution < -0.4 is 5.73 Å². The van der Waals surface area contributed by atoms with E-state index < -0.39 is 11.7 Å². The van der Waals surface area contributed by atoms with E-state index >= 15 is 0 Å². The van der Waals surface area contributed by atoms with Crippen LogP contribution in [0.2, 0.25) is 0 Å². The highest BCUT2D eigenvalue weighted by Crippen LogP contribution is 2.33. The number of ketones is 1. The van der Waals surface area contributed by atoms with Crippen molar-refractivity contribution in [2.24, 2.45) is 5.73 Å². The molecule has 0 saturated carbocycles. The van der Waals surface area contributed by atoms with Crippen molar-refractivity contribution in [3.05, 3.63) is 119 Å². The lowest BCUT2D eigenvalue weighted by atomic mass is 9.98. The third-order valence-electron chi connectivity index (χ3n) is 5.65. The SMILES string of the molecule is NC(=O)c1cccc2c1c1[c]c(F)ccc1n2Cc1ccccc1C(=O)c1ccccc1. The van der Waals surface area contributed by atoms with E-state index in [2.05, 4.69) is 6.07 Å². The van der Waals surface area contributed by atoms with E-state index in [0.29, 0.717) is 39.5 Å². The zero-order valence-electron chi connectivity index (χ0n) is 17.0. The minimum Gasteiger partial charge on any atom is -0.366 e. The highest BCUT2D eigenvalue weighted by Gasteiger charge is 2.19. The Kier molecular flexibility index (Phi) is 4.79. The number of nitrogens with two attached hydrogens (primary N) is 1. The lowest BCUT2D eigenvalue weighted by Crippen LogP contribution is -2.11. The molecule has 0 aliphatic carbocycles. The number of amides is 1. The summed E-state index contributed by atoms with van der Waals surface area (Å²) in [6.07, 6.45) is 0. The van der Waals surface area contributed by atoms with Gasteiger partial charge in [0.2, 0.25) is 5.91 Å². The predicted molar refractivity (Wildman–Crippen MR) is 122 cm³/mol. The van der Waals surface area contributed by atoms with Gasteiger partial charge in [0.15, 0.2) is 5.78 Å². The number of hydrogen-bond acceptors (Lipinski definition) is 2. The molecule has 5 heteroatoms. The van der Waals surface area contributed by atoms with Crippen LogP contribution in [0.1, 0.15) is 31.8 Å². The number of fused-ring (bicyclic) bond motifs is 3. The molecular weight excluding hydrogens is 403 g/mol. The Balaban J connectivity index is 1.72. The number of primary amides is 1. The average molecular weight is 421 g/mol. The van der Waals surface area contributed by atoms with Gasteiger partial charge in [-0.15, -0.1) is 0 Å². The fourth-order valence-corrected chi connectivity index (χ4v) is 4.20. The van der Waals surface area contributed by atoms with E-state index in [1.807, 2.05) is 47.0 Å². The van der Waals surface area contributed by atoms with Gasteiger partial charge in [0.05, 0.1) is 11.0 Å². The van der Waals surface area contributed by atoms with Gasteiger partial charge in [-0.25, -0.2) is 4.39 Å². The van der Waals surface area contributed by atoms with Gasteiger partial charge in [-0.2, -0.15) is 0 Å². The quantitative estimate of drug-likeness (QED) is 0.401. The maximum atomic E-state index is 14.1. The predicted octanol–water partition coefficient (Wildman–Crippen LogP) is 5.11. The number of rotatable bonds is 5. The standard InChI is InChI=1S/C27H18FN2O2/c28-19-13-14-23-22(15-19)25-21(27(29)32)11-6-12-24(25)30(23)16-18-9-4-5-10-20(18)26(31)17-7-2-1-3-8-17/h1-14H,16H2,(H2,29,32). The third kappa shape index (κ3) is 3.24. The van der Waals surface area contributed by atoms with Crippen LogP contribution in [0.5, 0.6) is 0 Å². The summed E-state index contributed by atoms with van der Waals surface area (Å²) in [4.78, 5) is 25.3. The highest BCUT2D eigenvalue weighted by molar-refractivity contribution is 6.17. The summed E-state index contributed by atoms with van der Waals surface area (Å²) in [5, 5.41) is 1.04. The second kappa shape index (κ2) is 7.78. The molecule has 0 spiro atoms. The van der Waals surface area contributed by atoms with Crippen molar-refractivity contribution in [3.63, 3.8) is 0 Å². The molecule has 32 heavy (non-hydrogen) atoms. The lowest BCUT2D eigenvalue weighted by molar-refractivity contribution is 0.1000. The minimum atomic E-state index is -0.591. The maximum Gasteiger partial charge on any atom is 0.249 e. The molecule has 0 aliphatic heterocycles. The topological polar surface area (TPSA) is 65.1 Å². The Bertz CT molecular complexity index is 1500. The summed E-state index contributed by atoms with van der Waals surface area (Å²) in [5.74, 6) is -1.18. The summed E-state index contributed by atoms with van der Waals surface area (Å²) < 4.78 is 16.0. The summed E-state index contributed by atoms with van der Waals surface area (Å²) in [5.41, 5.74) is 9.34. The smallest absolute Gasteiger partial charge is 0.249 e. The van der Waals surface area contributed by atoms with Gasteiger partial charge in [-0.3, -0.25) is 9.59 Å². The molecule has 0 saturated heterocycles. The molecule has 1 heterocycles. The van der Waals surface area contributed by atoms with Gasteiger partial charge >= 0.3 is 0 Å². The van der Waals surface area contributed by atoms with E-state index in [1.165, 1.54) is 6.07 Å². The van der Waals surface area contributed by atoms with Crippen molar-refractivity contribution < 1.29 is 14.0 Å². The van der Waals surface area contributed by atoms with Gasteiger partial charge in [-0.05, 0) is 29.8 Å². The zero-order chi connectivity index (χ0) is 22.2. The summed E-state index contributed by atoms with van der Waals surface area (Å²) in [6.45, 7) is 0.358. The number of carbonyl (C=O) groups excluding carboxylic acids is 2. The van der Waals surface area contributed by atoms with Crippen LogP contribution in [0, 0.1) is 11.9 Å². The molecule has 5 aromatic rings. The van der Waals surface area contributed by atoms with Crippen LogP contribution in [0.15, 0.2) is 84.9 Å². The van der Waals surface area contributed by atoms with Gasteiger partial charge in [0.1, 0.15) is 5.82 Å². The van der Waals surface area contributed by atoms with Crippen LogP contribution in [0.25, 0.3) is 21.8 Å². The molecule has 0 unspecified atom stereocenters. The number of halogens is 1. The van der Waals surface area contributed by atoms with Crippen molar-refractivity contribution in [2.45, 2.75) is 6.54 Å².